The zero-order valence-electron chi connectivity index (χ0n) is 18.5. The third-order valence-electron chi connectivity index (χ3n) is 5.99. The van der Waals surface area contributed by atoms with Gasteiger partial charge in [-0.25, -0.2) is 4.98 Å². The van der Waals surface area contributed by atoms with Gasteiger partial charge in [-0.1, -0.05) is 12.1 Å². The number of pyridine rings is 1. The fourth-order valence-electron chi connectivity index (χ4n) is 4.24. The van der Waals surface area contributed by atoms with Gasteiger partial charge >= 0.3 is 0 Å². The number of rotatable bonds is 5. The minimum Gasteiger partial charge on any atom is -0.378 e. The van der Waals surface area contributed by atoms with Crippen LogP contribution in [0.1, 0.15) is 27.9 Å². The Morgan fingerprint density at radius 2 is 1.94 bits per heavy atom. The molecule has 1 aliphatic carbocycles. The van der Waals surface area contributed by atoms with Crippen LogP contribution >= 0.6 is 0 Å². The summed E-state index contributed by atoms with van der Waals surface area (Å²) < 4.78 is 1.75. The molecule has 0 unspecified atom stereocenters. The quantitative estimate of drug-likeness (QED) is 0.494. The summed E-state index contributed by atoms with van der Waals surface area (Å²) in [7, 11) is 3.94. The van der Waals surface area contributed by atoms with E-state index in [0.29, 0.717) is 11.6 Å². The summed E-state index contributed by atoms with van der Waals surface area (Å²) in [6.07, 6.45) is 6.12. The van der Waals surface area contributed by atoms with Crippen molar-refractivity contribution >= 4 is 34.3 Å². The fourth-order valence-corrected chi connectivity index (χ4v) is 4.24. The van der Waals surface area contributed by atoms with Crippen LogP contribution in [0.5, 0.6) is 0 Å². The number of carbonyl (C=O) groups is 1. The van der Waals surface area contributed by atoms with Crippen molar-refractivity contribution in [3.05, 3.63) is 81.8 Å². The van der Waals surface area contributed by atoms with Gasteiger partial charge in [-0.05, 0) is 60.7 Å². The number of amides is 1. The van der Waals surface area contributed by atoms with Crippen molar-refractivity contribution in [3.63, 3.8) is 0 Å². The van der Waals surface area contributed by atoms with Crippen LogP contribution in [0.3, 0.4) is 0 Å². The van der Waals surface area contributed by atoms with Crippen LogP contribution < -0.4 is 21.4 Å². The second-order valence-corrected chi connectivity index (χ2v) is 8.41. The molecule has 0 saturated carbocycles. The third kappa shape index (κ3) is 3.80. The molecule has 0 aliphatic heterocycles. The highest BCUT2D eigenvalue weighted by atomic mass is 16.2. The van der Waals surface area contributed by atoms with E-state index < -0.39 is 11.3 Å². The summed E-state index contributed by atoms with van der Waals surface area (Å²) in [5.74, 6) is -0.431. The molecular weight excluding hydrogens is 416 g/mol. The van der Waals surface area contributed by atoms with Gasteiger partial charge in [0.1, 0.15) is 5.56 Å². The van der Waals surface area contributed by atoms with Crippen LogP contribution in [0, 0.1) is 0 Å². The Hall–Kier alpha value is -4.20. The lowest BCUT2D eigenvalue weighted by Crippen LogP contribution is -2.24. The molecule has 166 valence electrons. The lowest BCUT2D eigenvalue weighted by atomic mass is 10.1. The molecule has 3 N–H and O–H groups in total. The maximum Gasteiger partial charge on any atom is 0.254 e. The van der Waals surface area contributed by atoms with E-state index in [1.165, 1.54) is 23.5 Å². The maximum absolute atomic E-state index is 12.9. The summed E-state index contributed by atoms with van der Waals surface area (Å²) >= 11 is 0. The number of aromatic nitrogens is 3. The van der Waals surface area contributed by atoms with Crippen molar-refractivity contribution in [2.45, 2.75) is 19.3 Å². The smallest absolute Gasteiger partial charge is 0.254 e. The van der Waals surface area contributed by atoms with Crippen molar-refractivity contribution in [1.29, 1.82) is 0 Å². The normalized spacial score (nSPS) is 12.5. The first-order valence-electron chi connectivity index (χ1n) is 10.8. The van der Waals surface area contributed by atoms with Crippen molar-refractivity contribution in [3.8, 4) is 5.69 Å². The Labute approximate surface area is 190 Å². The standard InChI is InChI=1S/C25H24N6O2/c1-30(2)18-8-4-7-17(12-18)28-25-27-13-20-22(32)21(23(26)33)14-31(24(20)29-25)19-10-9-15-5-3-6-16(15)11-19/h4,7-14H,3,5-6H2,1-2H3,(H2,26,33)(H,27,28,29). The number of hydrogen-bond acceptors (Lipinski definition) is 6. The second-order valence-electron chi connectivity index (χ2n) is 8.41. The first kappa shape index (κ1) is 20.7. The molecule has 8 nitrogen and oxygen atoms in total. The second kappa shape index (κ2) is 8.05. The average molecular weight is 441 g/mol. The molecule has 1 aliphatic rings. The Morgan fingerprint density at radius 1 is 1.12 bits per heavy atom. The molecule has 8 heteroatoms. The molecule has 33 heavy (non-hydrogen) atoms. The van der Waals surface area contributed by atoms with Crippen molar-refractivity contribution < 1.29 is 4.79 Å². The van der Waals surface area contributed by atoms with Crippen LogP contribution in [0.4, 0.5) is 17.3 Å². The van der Waals surface area contributed by atoms with Crippen LogP contribution in [-0.2, 0) is 12.8 Å². The molecule has 0 bridgehead atoms. The van der Waals surface area contributed by atoms with E-state index in [-0.39, 0.29) is 10.9 Å². The zero-order valence-corrected chi connectivity index (χ0v) is 18.5. The largest absolute Gasteiger partial charge is 0.378 e. The van der Waals surface area contributed by atoms with Crippen LogP contribution in [0.25, 0.3) is 16.7 Å². The molecule has 2 aromatic carbocycles. The number of nitrogens with zero attached hydrogens (tertiary/aromatic N) is 4. The van der Waals surface area contributed by atoms with Gasteiger partial charge in [0.05, 0.1) is 5.39 Å². The van der Waals surface area contributed by atoms with E-state index in [4.69, 9.17) is 5.73 Å². The first-order chi connectivity index (χ1) is 15.9. The third-order valence-corrected chi connectivity index (χ3v) is 5.99. The Morgan fingerprint density at radius 3 is 2.73 bits per heavy atom. The highest BCUT2D eigenvalue weighted by molar-refractivity contribution is 5.96. The summed E-state index contributed by atoms with van der Waals surface area (Å²) in [5, 5.41) is 3.45. The fraction of sp³-hybridized carbons (Fsp3) is 0.200. The molecule has 0 radical (unpaired) electrons. The van der Waals surface area contributed by atoms with Gasteiger partial charge in [-0.3, -0.25) is 9.59 Å². The molecule has 2 heterocycles. The van der Waals surface area contributed by atoms with Gasteiger partial charge in [0, 0.05) is 43.6 Å². The van der Waals surface area contributed by atoms with E-state index >= 15 is 0 Å². The van der Waals surface area contributed by atoms with Gasteiger partial charge < -0.3 is 20.5 Å². The molecule has 0 saturated heterocycles. The van der Waals surface area contributed by atoms with Gasteiger partial charge in [0.15, 0.2) is 5.65 Å². The highest BCUT2D eigenvalue weighted by Gasteiger charge is 2.18. The van der Waals surface area contributed by atoms with Gasteiger partial charge in [-0.2, -0.15) is 4.98 Å². The number of aryl methyl sites for hydroxylation is 2. The van der Waals surface area contributed by atoms with E-state index in [2.05, 4.69) is 27.4 Å². The summed E-state index contributed by atoms with van der Waals surface area (Å²) in [4.78, 5) is 35.9. The lowest BCUT2D eigenvalue weighted by Gasteiger charge is -2.15. The first-order valence-corrected chi connectivity index (χ1v) is 10.8. The van der Waals surface area contributed by atoms with Gasteiger partial charge in [0.25, 0.3) is 5.91 Å². The molecule has 0 spiro atoms. The van der Waals surface area contributed by atoms with Crippen LogP contribution in [0.15, 0.2) is 59.7 Å². The highest BCUT2D eigenvalue weighted by Crippen LogP contribution is 2.26. The molecule has 0 fully saturated rings. The zero-order chi connectivity index (χ0) is 23.1. The van der Waals surface area contributed by atoms with E-state index in [9.17, 15) is 9.59 Å². The number of hydrogen-bond donors (Lipinski definition) is 2. The molecule has 4 aromatic rings. The summed E-state index contributed by atoms with van der Waals surface area (Å²) in [6.45, 7) is 0. The predicted octanol–water partition coefficient (Wildman–Crippen LogP) is 3.18. The number of benzene rings is 2. The number of nitrogens with two attached hydrogens (primary N) is 1. The van der Waals surface area contributed by atoms with Gasteiger partial charge in [-0.15, -0.1) is 0 Å². The van der Waals surface area contributed by atoms with E-state index in [1.54, 1.807) is 4.57 Å². The van der Waals surface area contributed by atoms with Crippen LogP contribution in [-0.4, -0.2) is 34.5 Å². The monoisotopic (exact) mass is 440 g/mol. The molecule has 2 aromatic heterocycles. The molecule has 1 amide bonds. The van der Waals surface area contributed by atoms with E-state index in [1.807, 2.05) is 49.3 Å². The minimum atomic E-state index is -0.778. The summed E-state index contributed by atoms with van der Waals surface area (Å²) in [6, 6.07) is 14.0. The summed E-state index contributed by atoms with van der Waals surface area (Å²) in [5.41, 5.74) is 10.6. The molecule has 0 atom stereocenters. The predicted molar refractivity (Wildman–Crippen MR) is 130 cm³/mol. The Balaban J connectivity index is 1.66. The number of fused-ring (bicyclic) bond motifs is 2. The number of anilines is 3. The van der Waals surface area contributed by atoms with Gasteiger partial charge in [0.2, 0.25) is 11.4 Å². The topological polar surface area (TPSA) is 106 Å². The van der Waals surface area contributed by atoms with Crippen molar-refractivity contribution in [2.75, 3.05) is 24.3 Å². The molecule has 5 rings (SSSR count). The Kier molecular flexibility index (Phi) is 5.05. The Bertz CT molecular complexity index is 1460. The van der Waals surface area contributed by atoms with Crippen molar-refractivity contribution in [1.82, 2.24) is 14.5 Å². The molecular formula is C25H24N6O2. The SMILES string of the molecule is CN(C)c1cccc(Nc2ncc3c(=O)c(C(N)=O)cn(-c4ccc5c(c4)CCC5)c3n2)c1. The number of nitrogens with one attached hydrogen (secondary N) is 1. The lowest BCUT2D eigenvalue weighted by molar-refractivity contribution is 0.0999. The van der Waals surface area contributed by atoms with E-state index in [0.717, 1.165) is 36.3 Å². The number of carbonyl (C=O) groups excluding carboxylic acids is 1. The average Bonchev–Trinajstić information content (AvgIpc) is 3.27. The minimum absolute atomic E-state index is 0.0917. The maximum atomic E-state index is 12.9. The number of primary amides is 1. The van der Waals surface area contributed by atoms with Crippen molar-refractivity contribution in [2.24, 2.45) is 5.73 Å². The van der Waals surface area contributed by atoms with Crippen LogP contribution in [0.2, 0.25) is 0 Å².